The summed E-state index contributed by atoms with van der Waals surface area (Å²) in [5.41, 5.74) is 4.06. The van der Waals surface area contributed by atoms with Gasteiger partial charge in [0.2, 0.25) is 0 Å². The fourth-order valence-corrected chi connectivity index (χ4v) is 6.17. The van der Waals surface area contributed by atoms with Crippen LogP contribution in [0, 0.1) is 18.3 Å². The molecule has 3 heterocycles. The summed E-state index contributed by atoms with van der Waals surface area (Å²) in [5.74, 6) is 1.97. The molecule has 0 radical (unpaired) electrons. The van der Waals surface area contributed by atoms with E-state index in [0.29, 0.717) is 24.2 Å². The molecular formula is C24H32ClN3O. The standard InChI is InChI=1S/C24H32ClN3O/c1-16-4-5-20(21(25)8-16)9-19-10-24(11-19)14-28(15-24)18(3)27-7-6-23-22(12-27)26-17(2)13-29-23/h4-5,8,19,22-23,26H,2-3,6-7,9-15H2,1H3. The summed E-state index contributed by atoms with van der Waals surface area (Å²) >= 11 is 6.44. The van der Waals surface area contributed by atoms with Crippen LogP contribution >= 0.6 is 11.6 Å². The topological polar surface area (TPSA) is 27.7 Å². The molecule has 3 aliphatic heterocycles. The third-order valence-electron chi connectivity index (χ3n) is 7.35. The molecule has 5 heteroatoms. The van der Waals surface area contributed by atoms with E-state index in [2.05, 4.69) is 53.4 Å². The summed E-state index contributed by atoms with van der Waals surface area (Å²) in [5, 5.41) is 4.45. The van der Waals surface area contributed by atoms with Gasteiger partial charge in [0.25, 0.3) is 0 Å². The van der Waals surface area contributed by atoms with E-state index in [9.17, 15) is 0 Å². The third-order valence-corrected chi connectivity index (χ3v) is 7.71. The van der Waals surface area contributed by atoms with Crippen molar-refractivity contribution in [2.24, 2.45) is 11.3 Å². The molecule has 1 aliphatic carbocycles. The molecule has 2 atom stereocenters. The Hall–Kier alpha value is -1.65. The van der Waals surface area contributed by atoms with Gasteiger partial charge in [-0.15, -0.1) is 0 Å². The van der Waals surface area contributed by atoms with Gasteiger partial charge in [-0.2, -0.15) is 0 Å². The van der Waals surface area contributed by atoms with Crippen LogP contribution in [-0.4, -0.2) is 54.7 Å². The smallest absolute Gasteiger partial charge is 0.0966 e. The summed E-state index contributed by atoms with van der Waals surface area (Å²) in [6, 6.07) is 6.81. The molecule has 4 aliphatic rings. The van der Waals surface area contributed by atoms with Crippen LogP contribution in [-0.2, 0) is 11.2 Å². The molecule has 4 fully saturated rings. The van der Waals surface area contributed by atoms with Crippen LogP contribution in [0.15, 0.2) is 42.9 Å². The van der Waals surface area contributed by atoms with E-state index in [1.807, 2.05) is 0 Å². The number of hydrogen-bond acceptors (Lipinski definition) is 4. The summed E-state index contributed by atoms with van der Waals surface area (Å²) in [4.78, 5) is 4.92. The Bertz CT molecular complexity index is 823. The number of hydrogen-bond donors (Lipinski definition) is 1. The van der Waals surface area contributed by atoms with E-state index >= 15 is 0 Å². The van der Waals surface area contributed by atoms with E-state index in [4.69, 9.17) is 16.3 Å². The predicted molar refractivity (Wildman–Crippen MR) is 118 cm³/mol. The number of piperidine rings is 1. The minimum atomic E-state index is 0.313. The number of fused-ring (bicyclic) bond motifs is 1. The molecule has 2 unspecified atom stereocenters. The van der Waals surface area contributed by atoms with Gasteiger partial charge in [-0.3, -0.25) is 0 Å². The highest BCUT2D eigenvalue weighted by molar-refractivity contribution is 6.31. The number of halogens is 1. The largest absolute Gasteiger partial charge is 0.380 e. The zero-order valence-corrected chi connectivity index (χ0v) is 18.2. The average molecular weight is 414 g/mol. The summed E-state index contributed by atoms with van der Waals surface area (Å²) in [7, 11) is 0. The predicted octanol–water partition coefficient (Wildman–Crippen LogP) is 3.95. The van der Waals surface area contributed by atoms with Gasteiger partial charge in [0, 0.05) is 42.3 Å². The first kappa shape index (κ1) is 19.3. The Balaban J connectivity index is 1.10. The highest BCUT2D eigenvalue weighted by Gasteiger charge is 2.53. The lowest BCUT2D eigenvalue weighted by atomic mass is 9.56. The Morgan fingerprint density at radius 3 is 2.86 bits per heavy atom. The second-order valence-electron chi connectivity index (χ2n) is 9.78. The monoisotopic (exact) mass is 413 g/mol. The summed E-state index contributed by atoms with van der Waals surface area (Å²) < 4.78 is 5.92. The van der Waals surface area contributed by atoms with Crippen molar-refractivity contribution in [1.29, 1.82) is 0 Å². The van der Waals surface area contributed by atoms with E-state index in [1.54, 1.807) is 0 Å². The fraction of sp³-hybridized carbons (Fsp3) is 0.583. The third kappa shape index (κ3) is 3.66. The number of morpholine rings is 1. The quantitative estimate of drug-likeness (QED) is 0.808. The van der Waals surface area contributed by atoms with Crippen molar-refractivity contribution < 1.29 is 4.74 Å². The molecular weight excluding hydrogens is 382 g/mol. The first-order valence-electron chi connectivity index (χ1n) is 10.9. The van der Waals surface area contributed by atoms with E-state index in [1.165, 1.54) is 29.8 Å². The Labute approximate surface area is 179 Å². The highest BCUT2D eigenvalue weighted by atomic mass is 35.5. The first-order chi connectivity index (χ1) is 13.9. The molecule has 0 amide bonds. The maximum atomic E-state index is 6.44. The second-order valence-corrected chi connectivity index (χ2v) is 10.2. The van der Waals surface area contributed by atoms with Gasteiger partial charge in [0.05, 0.1) is 24.6 Å². The normalized spacial score (nSPS) is 28.4. The zero-order chi connectivity index (χ0) is 20.2. The number of aryl methyl sites for hydroxylation is 1. The number of likely N-dealkylation sites (tertiary alicyclic amines) is 2. The molecule has 1 aromatic carbocycles. The van der Waals surface area contributed by atoms with E-state index in [-0.39, 0.29) is 0 Å². The lowest BCUT2D eigenvalue weighted by Gasteiger charge is -2.61. The molecule has 4 nitrogen and oxygen atoms in total. The fourth-order valence-electron chi connectivity index (χ4n) is 5.86. The molecule has 1 saturated carbocycles. The van der Waals surface area contributed by atoms with Crippen LogP contribution in [0.25, 0.3) is 0 Å². The van der Waals surface area contributed by atoms with Crippen molar-refractivity contribution in [3.05, 3.63) is 59.0 Å². The number of benzene rings is 1. The number of nitrogens with one attached hydrogen (secondary N) is 1. The van der Waals surface area contributed by atoms with Crippen LogP contribution in [0.2, 0.25) is 5.02 Å². The van der Waals surface area contributed by atoms with Crippen molar-refractivity contribution in [3.63, 3.8) is 0 Å². The molecule has 5 rings (SSSR count). The minimum Gasteiger partial charge on any atom is -0.380 e. The van der Waals surface area contributed by atoms with Crippen LogP contribution in [0.3, 0.4) is 0 Å². The Kier molecular flexibility index (Phi) is 4.83. The van der Waals surface area contributed by atoms with E-state index in [0.717, 1.165) is 55.7 Å². The van der Waals surface area contributed by atoms with Crippen LogP contribution in [0.4, 0.5) is 0 Å². The van der Waals surface area contributed by atoms with Crippen molar-refractivity contribution in [2.75, 3.05) is 32.8 Å². The van der Waals surface area contributed by atoms with Crippen LogP contribution < -0.4 is 5.32 Å². The van der Waals surface area contributed by atoms with Crippen molar-refractivity contribution >= 4 is 11.6 Å². The van der Waals surface area contributed by atoms with Gasteiger partial charge < -0.3 is 19.9 Å². The van der Waals surface area contributed by atoms with E-state index < -0.39 is 0 Å². The van der Waals surface area contributed by atoms with Crippen LogP contribution in [0.5, 0.6) is 0 Å². The van der Waals surface area contributed by atoms with Gasteiger partial charge in [-0.1, -0.05) is 36.9 Å². The summed E-state index contributed by atoms with van der Waals surface area (Å²) in [6.45, 7) is 15.5. The van der Waals surface area contributed by atoms with Gasteiger partial charge in [0.1, 0.15) is 0 Å². The molecule has 0 aromatic heterocycles. The molecule has 1 N–H and O–H groups in total. The SMILES string of the molecule is C=C1COC2CCN(C(=C)N3CC4(CC(Cc5ccc(C)cc5Cl)C4)C3)CC2N1. The highest BCUT2D eigenvalue weighted by Crippen LogP contribution is 2.54. The molecule has 1 spiro atoms. The molecule has 3 saturated heterocycles. The molecule has 1 aromatic rings. The average Bonchev–Trinajstić information content (AvgIpc) is 2.63. The first-order valence-corrected chi connectivity index (χ1v) is 11.3. The zero-order valence-electron chi connectivity index (χ0n) is 17.4. The second kappa shape index (κ2) is 7.24. The Morgan fingerprint density at radius 2 is 2.10 bits per heavy atom. The maximum Gasteiger partial charge on any atom is 0.0966 e. The molecule has 29 heavy (non-hydrogen) atoms. The summed E-state index contributed by atoms with van der Waals surface area (Å²) in [6.07, 6.45) is 5.13. The number of rotatable bonds is 4. The van der Waals surface area contributed by atoms with Crippen molar-refractivity contribution in [3.8, 4) is 0 Å². The van der Waals surface area contributed by atoms with Gasteiger partial charge in [-0.05, 0) is 55.7 Å². The van der Waals surface area contributed by atoms with Crippen molar-refractivity contribution in [1.82, 2.24) is 15.1 Å². The molecule has 156 valence electrons. The van der Waals surface area contributed by atoms with Crippen molar-refractivity contribution in [2.45, 2.75) is 44.8 Å². The van der Waals surface area contributed by atoms with Crippen LogP contribution in [0.1, 0.15) is 30.4 Å². The lowest BCUT2D eigenvalue weighted by molar-refractivity contribution is -0.0953. The number of nitrogens with zero attached hydrogens (tertiary/aromatic N) is 2. The van der Waals surface area contributed by atoms with Gasteiger partial charge in [-0.25, -0.2) is 0 Å². The molecule has 0 bridgehead atoms. The Morgan fingerprint density at radius 1 is 1.31 bits per heavy atom. The minimum absolute atomic E-state index is 0.313. The maximum absolute atomic E-state index is 6.44. The van der Waals surface area contributed by atoms with Gasteiger partial charge in [0.15, 0.2) is 0 Å². The lowest BCUT2D eigenvalue weighted by Crippen LogP contribution is -2.64. The number of ether oxygens (including phenoxy) is 1. The van der Waals surface area contributed by atoms with Gasteiger partial charge >= 0.3 is 0 Å².